The highest BCUT2D eigenvalue weighted by Crippen LogP contribution is 2.25. The highest BCUT2D eigenvalue weighted by molar-refractivity contribution is 6.34. The Balaban J connectivity index is 2.19. The molecule has 2 aromatic rings. The SMILES string of the molecule is CCc1ccc(CC(NN)c2ncc(Cl)cc2Cl)cc1. The topological polar surface area (TPSA) is 50.9 Å². The van der Waals surface area contributed by atoms with Crippen molar-refractivity contribution in [1.29, 1.82) is 0 Å². The van der Waals surface area contributed by atoms with Crippen LogP contribution in [-0.2, 0) is 12.8 Å². The van der Waals surface area contributed by atoms with Crippen molar-refractivity contribution in [3.8, 4) is 0 Å². The number of nitrogens with one attached hydrogen (secondary N) is 1. The van der Waals surface area contributed by atoms with Crippen LogP contribution in [0.15, 0.2) is 36.5 Å². The minimum absolute atomic E-state index is 0.146. The molecule has 2 rings (SSSR count). The van der Waals surface area contributed by atoms with Crippen molar-refractivity contribution in [2.75, 3.05) is 0 Å². The van der Waals surface area contributed by atoms with Crippen LogP contribution in [0.2, 0.25) is 10.0 Å². The van der Waals surface area contributed by atoms with Crippen molar-refractivity contribution < 1.29 is 0 Å². The van der Waals surface area contributed by atoms with Gasteiger partial charge in [0.1, 0.15) is 0 Å². The molecule has 0 aliphatic heterocycles. The van der Waals surface area contributed by atoms with Crippen molar-refractivity contribution in [2.24, 2.45) is 5.84 Å². The molecule has 1 heterocycles. The number of aromatic nitrogens is 1. The molecule has 0 bridgehead atoms. The number of hydrogen-bond donors (Lipinski definition) is 2. The minimum atomic E-state index is -0.146. The number of halogens is 2. The monoisotopic (exact) mass is 309 g/mol. The van der Waals surface area contributed by atoms with Crippen LogP contribution in [0.25, 0.3) is 0 Å². The van der Waals surface area contributed by atoms with E-state index in [-0.39, 0.29) is 6.04 Å². The third kappa shape index (κ3) is 3.70. The maximum Gasteiger partial charge on any atom is 0.0777 e. The average molecular weight is 310 g/mol. The zero-order valence-corrected chi connectivity index (χ0v) is 12.7. The van der Waals surface area contributed by atoms with Gasteiger partial charge in [0.25, 0.3) is 0 Å². The number of nitrogens with zero attached hydrogens (tertiary/aromatic N) is 1. The molecule has 0 saturated carbocycles. The fraction of sp³-hybridized carbons (Fsp3) is 0.267. The summed E-state index contributed by atoms with van der Waals surface area (Å²) < 4.78 is 0. The predicted molar refractivity (Wildman–Crippen MR) is 83.8 cm³/mol. The van der Waals surface area contributed by atoms with E-state index in [1.807, 2.05) is 0 Å². The largest absolute Gasteiger partial charge is 0.271 e. The number of pyridine rings is 1. The van der Waals surface area contributed by atoms with E-state index in [0.717, 1.165) is 12.8 Å². The van der Waals surface area contributed by atoms with Gasteiger partial charge in [-0.05, 0) is 30.0 Å². The quantitative estimate of drug-likeness (QED) is 0.654. The van der Waals surface area contributed by atoms with Crippen LogP contribution in [0.4, 0.5) is 0 Å². The van der Waals surface area contributed by atoms with E-state index in [9.17, 15) is 0 Å². The Bertz CT molecular complexity index is 570. The molecule has 3 N–H and O–H groups in total. The summed E-state index contributed by atoms with van der Waals surface area (Å²) in [5.74, 6) is 5.63. The van der Waals surface area contributed by atoms with E-state index in [4.69, 9.17) is 29.0 Å². The van der Waals surface area contributed by atoms with Gasteiger partial charge in [-0.2, -0.15) is 0 Å². The molecule has 0 saturated heterocycles. The summed E-state index contributed by atoms with van der Waals surface area (Å²) in [6.07, 6.45) is 3.32. The lowest BCUT2D eigenvalue weighted by atomic mass is 10.0. The lowest BCUT2D eigenvalue weighted by Gasteiger charge is -2.17. The van der Waals surface area contributed by atoms with E-state index < -0.39 is 0 Å². The number of aryl methyl sites for hydroxylation is 1. The van der Waals surface area contributed by atoms with Crippen LogP contribution < -0.4 is 11.3 Å². The van der Waals surface area contributed by atoms with E-state index in [1.165, 1.54) is 11.1 Å². The van der Waals surface area contributed by atoms with Gasteiger partial charge in [0.05, 0.1) is 21.8 Å². The van der Waals surface area contributed by atoms with Gasteiger partial charge in [0.15, 0.2) is 0 Å². The second-order valence-corrected chi connectivity index (χ2v) is 5.46. The smallest absolute Gasteiger partial charge is 0.0777 e. The molecule has 0 aliphatic rings. The predicted octanol–water partition coefficient (Wildman–Crippen LogP) is 3.70. The summed E-state index contributed by atoms with van der Waals surface area (Å²) >= 11 is 12.0. The first-order valence-corrected chi connectivity index (χ1v) is 7.24. The molecular weight excluding hydrogens is 293 g/mol. The molecule has 5 heteroatoms. The summed E-state index contributed by atoms with van der Waals surface area (Å²) in [4.78, 5) is 4.27. The Labute approximate surface area is 129 Å². The fourth-order valence-corrected chi connectivity index (χ4v) is 2.57. The van der Waals surface area contributed by atoms with Gasteiger partial charge >= 0.3 is 0 Å². The first-order chi connectivity index (χ1) is 9.63. The van der Waals surface area contributed by atoms with Crippen LogP contribution in [0.1, 0.15) is 29.8 Å². The summed E-state index contributed by atoms with van der Waals surface area (Å²) in [6.45, 7) is 2.14. The van der Waals surface area contributed by atoms with Crippen LogP contribution >= 0.6 is 23.2 Å². The average Bonchev–Trinajstić information content (AvgIpc) is 2.46. The zero-order chi connectivity index (χ0) is 14.5. The van der Waals surface area contributed by atoms with Gasteiger partial charge in [-0.1, -0.05) is 54.4 Å². The minimum Gasteiger partial charge on any atom is -0.271 e. The molecule has 3 nitrogen and oxygen atoms in total. The molecule has 0 spiro atoms. The van der Waals surface area contributed by atoms with Gasteiger partial charge < -0.3 is 0 Å². The number of rotatable bonds is 5. The van der Waals surface area contributed by atoms with Crippen molar-refractivity contribution >= 4 is 23.2 Å². The Hall–Kier alpha value is -1.13. The second kappa shape index (κ2) is 7.04. The van der Waals surface area contributed by atoms with Gasteiger partial charge in [0, 0.05) is 6.20 Å². The number of hydrazine groups is 1. The van der Waals surface area contributed by atoms with Crippen LogP contribution in [0.5, 0.6) is 0 Å². The van der Waals surface area contributed by atoms with Crippen molar-refractivity contribution in [3.63, 3.8) is 0 Å². The summed E-state index contributed by atoms with van der Waals surface area (Å²) in [5, 5.41) is 1.03. The lowest BCUT2D eigenvalue weighted by molar-refractivity contribution is 0.538. The van der Waals surface area contributed by atoms with Crippen molar-refractivity contribution in [1.82, 2.24) is 10.4 Å². The summed E-state index contributed by atoms with van der Waals surface area (Å²) in [7, 11) is 0. The van der Waals surface area contributed by atoms with Gasteiger partial charge in [-0.15, -0.1) is 0 Å². The maximum atomic E-state index is 6.17. The number of nitrogens with two attached hydrogens (primary N) is 1. The maximum absolute atomic E-state index is 6.17. The molecule has 1 aromatic heterocycles. The zero-order valence-electron chi connectivity index (χ0n) is 11.2. The Morgan fingerprint density at radius 3 is 2.40 bits per heavy atom. The fourth-order valence-electron chi connectivity index (χ4n) is 2.06. The highest BCUT2D eigenvalue weighted by atomic mass is 35.5. The Kier molecular flexibility index (Phi) is 5.38. The second-order valence-electron chi connectivity index (χ2n) is 4.61. The van der Waals surface area contributed by atoms with E-state index in [0.29, 0.717) is 15.7 Å². The van der Waals surface area contributed by atoms with Gasteiger partial charge in [-0.3, -0.25) is 16.3 Å². The van der Waals surface area contributed by atoms with Crippen molar-refractivity contribution in [3.05, 3.63) is 63.4 Å². The summed E-state index contributed by atoms with van der Waals surface area (Å²) in [5.41, 5.74) is 5.96. The van der Waals surface area contributed by atoms with E-state index in [2.05, 4.69) is 41.6 Å². The molecule has 20 heavy (non-hydrogen) atoms. The van der Waals surface area contributed by atoms with Crippen LogP contribution in [0, 0.1) is 0 Å². The number of hydrogen-bond acceptors (Lipinski definition) is 3. The summed E-state index contributed by atoms with van der Waals surface area (Å²) in [6, 6.07) is 9.99. The van der Waals surface area contributed by atoms with Gasteiger partial charge in [0.2, 0.25) is 0 Å². The molecule has 1 aromatic carbocycles. The first-order valence-electron chi connectivity index (χ1n) is 6.49. The third-order valence-electron chi connectivity index (χ3n) is 3.24. The van der Waals surface area contributed by atoms with Crippen LogP contribution in [-0.4, -0.2) is 4.98 Å². The molecule has 0 aliphatic carbocycles. The molecule has 0 fully saturated rings. The standard InChI is InChI=1S/C15H17Cl2N3/c1-2-10-3-5-11(6-4-10)7-14(20-18)15-13(17)8-12(16)9-19-15/h3-6,8-9,14,20H,2,7,18H2,1H3. The highest BCUT2D eigenvalue weighted by Gasteiger charge is 2.16. The normalized spacial score (nSPS) is 12.4. The lowest BCUT2D eigenvalue weighted by Crippen LogP contribution is -2.30. The number of benzene rings is 1. The molecule has 1 unspecified atom stereocenters. The van der Waals surface area contributed by atoms with E-state index in [1.54, 1.807) is 12.3 Å². The Morgan fingerprint density at radius 1 is 1.20 bits per heavy atom. The van der Waals surface area contributed by atoms with Crippen molar-refractivity contribution in [2.45, 2.75) is 25.8 Å². The van der Waals surface area contributed by atoms with Gasteiger partial charge in [-0.25, -0.2) is 0 Å². The third-order valence-corrected chi connectivity index (χ3v) is 3.75. The molecule has 106 valence electrons. The Morgan fingerprint density at radius 2 is 1.85 bits per heavy atom. The van der Waals surface area contributed by atoms with E-state index >= 15 is 0 Å². The van der Waals surface area contributed by atoms with Crippen LogP contribution in [0.3, 0.4) is 0 Å². The first kappa shape index (κ1) is 15.3. The molecular formula is C15H17Cl2N3. The molecule has 1 atom stereocenters. The molecule has 0 radical (unpaired) electrons. The molecule has 0 amide bonds.